The third-order valence-corrected chi connectivity index (χ3v) is 1.07. The molecule has 0 fully saturated rings. The fourth-order valence-corrected chi connectivity index (χ4v) is 0.557. The van der Waals surface area contributed by atoms with Gasteiger partial charge in [-0.05, 0) is 0 Å². The summed E-state index contributed by atoms with van der Waals surface area (Å²) in [4.78, 5) is 7.20. The molecule has 0 aliphatic rings. The van der Waals surface area contributed by atoms with Gasteiger partial charge in [0.1, 0.15) is 0 Å². The zero-order valence-corrected chi connectivity index (χ0v) is 6.88. The lowest BCUT2D eigenvalue weighted by Gasteiger charge is -1.98. The Morgan fingerprint density at radius 3 is 2.77 bits per heavy atom. The minimum Gasteiger partial charge on any atom is -0.714 e. The average Bonchev–Trinajstić information content (AvgIpc) is 2.04. The maximum Gasteiger partial charge on any atom is 0.286 e. The molecule has 0 unspecified atom stereocenters. The average molecular weight is 203 g/mol. The Labute approximate surface area is 73.2 Å². The van der Waals surface area contributed by atoms with Gasteiger partial charge in [0.05, 0.1) is 6.20 Å². The van der Waals surface area contributed by atoms with Crippen LogP contribution in [-0.4, -0.2) is 22.9 Å². The van der Waals surface area contributed by atoms with Gasteiger partial charge >= 0.3 is 0 Å². The molecule has 8 nitrogen and oxygen atoms in total. The van der Waals surface area contributed by atoms with Crippen LogP contribution in [0.1, 0.15) is 0 Å². The van der Waals surface area contributed by atoms with Crippen molar-refractivity contribution in [1.82, 2.24) is 9.97 Å². The van der Waals surface area contributed by atoms with Gasteiger partial charge in [0, 0.05) is 17.7 Å². The van der Waals surface area contributed by atoms with E-state index < -0.39 is 10.4 Å². The molecule has 0 bridgehead atoms. The van der Waals surface area contributed by atoms with Crippen LogP contribution in [0.5, 0.6) is 0 Å². The second-order valence-electron chi connectivity index (χ2n) is 1.73. The molecule has 0 spiro atoms. The van der Waals surface area contributed by atoms with Gasteiger partial charge < -0.3 is 4.55 Å². The normalized spacial score (nSPS) is 11.8. The van der Waals surface area contributed by atoms with Crippen molar-refractivity contribution < 1.29 is 17.3 Å². The van der Waals surface area contributed by atoms with E-state index in [0.29, 0.717) is 0 Å². The fourth-order valence-electron chi connectivity index (χ4n) is 0.442. The quantitative estimate of drug-likeness (QED) is 0.294. The molecular formula is C4H3N4O4S-. The van der Waals surface area contributed by atoms with Crippen molar-refractivity contribution in [2.75, 3.05) is 0 Å². The van der Waals surface area contributed by atoms with Crippen molar-refractivity contribution in [3.05, 3.63) is 18.6 Å². The fraction of sp³-hybridized carbons (Fsp3) is 0. The maximum atomic E-state index is 9.85. The minimum atomic E-state index is -4.85. The highest BCUT2D eigenvalue weighted by atomic mass is 32.3. The van der Waals surface area contributed by atoms with E-state index in [4.69, 9.17) is 0 Å². The van der Waals surface area contributed by atoms with Crippen LogP contribution in [0.2, 0.25) is 0 Å². The Bertz CT molecular complexity index is 388. The highest BCUT2D eigenvalue weighted by Gasteiger charge is 1.91. The Hall–Kier alpha value is -1.61. The van der Waals surface area contributed by atoms with Crippen LogP contribution in [0.3, 0.4) is 0 Å². The van der Waals surface area contributed by atoms with E-state index in [1.54, 1.807) is 0 Å². The van der Waals surface area contributed by atoms with Crippen LogP contribution < -0.4 is 0 Å². The van der Waals surface area contributed by atoms with E-state index in [9.17, 15) is 13.0 Å². The number of aromatic nitrogens is 2. The van der Waals surface area contributed by atoms with Crippen LogP contribution in [-0.2, 0) is 14.7 Å². The van der Waals surface area contributed by atoms with Gasteiger partial charge in [-0.2, -0.15) is 8.42 Å². The van der Waals surface area contributed by atoms with Gasteiger partial charge in [0.15, 0.2) is 5.82 Å². The van der Waals surface area contributed by atoms with E-state index in [1.165, 1.54) is 18.6 Å². The van der Waals surface area contributed by atoms with Gasteiger partial charge in [-0.3, -0.25) is 9.27 Å². The summed E-state index contributed by atoms with van der Waals surface area (Å²) >= 11 is 0. The molecule has 0 radical (unpaired) electrons. The lowest BCUT2D eigenvalue weighted by Crippen LogP contribution is -1.97. The Morgan fingerprint density at radius 1 is 1.46 bits per heavy atom. The third kappa shape index (κ3) is 4.08. The second-order valence-corrected chi connectivity index (χ2v) is 2.69. The largest absolute Gasteiger partial charge is 0.714 e. The van der Waals surface area contributed by atoms with Gasteiger partial charge in [0.2, 0.25) is 0 Å². The standard InChI is InChI=1S/C4H4N4O4S/c9-13(10,11)12-8-7-4-3-5-1-2-6-4/h1-3H,(H,9,10,11)/p-1. The van der Waals surface area contributed by atoms with Gasteiger partial charge in [0.25, 0.3) is 10.4 Å². The lowest BCUT2D eigenvalue weighted by atomic mass is 10.7. The van der Waals surface area contributed by atoms with Crippen LogP contribution in [0.4, 0.5) is 5.82 Å². The van der Waals surface area contributed by atoms with Crippen molar-refractivity contribution >= 4 is 16.2 Å². The van der Waals surface area contributed by atoms with Crippen molar-refractivity contribution in [2.24, 2.45) is 10.4 Å². The summed E-state index contributed by atoms with van der Waals surface area (Å²) in [5.41, 5.74) is 0. The zero-order valence-electron chi connectivity index (χ0n) is 6.06. The highest BCUT2D eigenvalue weighted by Crippen LogP contribution is 2.03. The Kier molecular flexibility index (Phi) is 2.82. The molecule has 70 valence electrons. The first kappa shape index (κ1) is 9.48. The number of hydrogen-bond donors (Lipinski definition) is 0. The van der Waals surface area contributed by atoms with Gasteiger partial charge in [-0.15, -0.1) is 0 Å². The first-order valence-corrected chi connectivity index (χ1v) is 4.23. The SMILES string of the molecule is O=S(=O)([O-])ON=Nc1cnccn1. The highest BCUT2D eigenvalue weighted by molar-refractivity contribution is 7.80. The zero-order chi connectivity index (χ0) is 9.73. The maximum absolute atomic E-state index is 9.85. The Balaban J connectivity index is 2.61. The molecule has 0 saturated heterocycles. The summed E-state index contributed by atoms with van der Waals surface area (Å²) in [5.74, 6) is 0.0335. The predicted molar refractivity (Wildman–Crippen MR) is 37.3 cm³/mol. The molecule has 0 aliphatic carbocycles. The molecule has 1 rings (SSSR count). The monoisotopic (exact) mass is 203 g/mol. The Morgan fingerprint density at radius 2 is 2.23 bits per heavy atom. The van der Waals surface area contributed by atoms with E-state index in [0.717, 1.165) is 0 Å². The van der Waals surface area contributed by atoms with Gasteiger partial charge in [-0.1, -0.05) is 5.11 Å². The van der Waals surface area contributed by atoms with E-state index in [2.05, 4.69) is 24.6 Å². The smallest absolute Gasteiger partial charge is 0.286 e. The van der Waals surface area contributed by atoms with Crippen LogP contribution in [0.15, 0.2) is 29.0 Å². The third-order valence-electron chi connectivity index (χ3n) is 0.817. The van der Waals surface area contributed by atoms with Crippen molar-refractivity contribution in [2.45, 2.75) is 0 Å². The summed E-state index contributed by atoms with van der Waals surface area (Å²) in [7, 11) is -4.85. The molecule has 0 atom stereocenters. The van der Waals surface area contributed by atoms with E-state index >= 15 is 0 Å². The first-order valence-electron chi connectivity index (χ1n) is 2.89. The molecule has 1 heterocycles. The first-order chi connectivity index (χ1) is 6.08. The van der Waals surface area contributed by atoms with Crippen LogP contribution in [0, 0.1) is 0 Å². The predicted octanol–water partition coefficient (Wildman–Crippen LogP) is -0.0479. The summed E-state index contributed by atoms with van der Waals surface area (Å²) in [6.45, 7) is 0. The molecule has 0 N–H and O–H groups in total. The number of hydrogen-bond acceptors (Lipinski definition) is 8. The molecule has 0 aliphatic heterocycles. The number of rotatable bonds is 3. The molecule has 0 saturated carbocycles. The van der Waals surface area contributed by atoms with Crippen LogP contribution in [0.25, 0.3) is 0 Å². The van der Waals surface area contributed by atoms with E-state index in [1.807, 2.05) is 0 Å². The molecular weight excluding hydrogens is 200 g/mol. The van der Waals surface area contributed by atoms with Crippen molar-refractivity contribution in [1.29, 1.82) is 0 Å². The van der Waals surface area contributed by atoms with Crippen molar-refractivity contribution in [3.63, 3.8) is 0 Å². The minimum absolute atomic E-state index is 0.0335. The molecule has 0 aromatic carbocycles. The number of nitrogens with zero attached hydrogens (tertiary/aromatic N) is 4. The van der Waals surface area contributed by atoms with E-state index in [-0.39, 0.29) is 5.82 Å². The van der Waals surface area contributed by atoms with Crippen LogP contribution >= 0.6 is 0 Å². The summed E-state index contributed by atoms with van der Waals surface area (Å²) in [5, 5.41) is 5.78. The summed E-state index contributed by atoms with van der Waals surface area (Å²) in [6.07, 6.45) is 3.93. The molecule has 1 aromatic rings. The van der Waals surface area contributed by atoms with Gasteiger partial charge in [-0.25, -0.2) is 4.98 Å². The lowest BCUT2D eigenvalue weighted by molar-refractivity contribution is 0.257. The topological polar surface area (TPSA) is 117 Å². The molecule has 13 heavy (non-hydrogen) atoms. The second kappa shape index (κ2) is 3.87. The molecule has 9 heteroatoms. The van der Waals surface area contributed by atoms with Crippen molar-refractivity contribution in [3.8, 4) is 0 Å². The molecule has 0 amide bonds. The molecule has 1 aromatic heterocycles. The summed E-state index contributed by atoms with van der Waals surface area (Å²) in [6, 6.07) is 0. The summed E-state index contributed by atoms with van der Waals surface area (Å²) < 4.78 is 33.0.